The SMILES string of the molecule is CP1(=O)c2ccccc2-c2cccc(-c3c4ccccc4c(-c4ccccc4)c4ccccc34)c21. The van der Waals surface area contributed by atoms with Crippen molar-refractivity contribution in [1.29, 1.82) is 0 Å². The zero-order valence-electron chi connectivity index (χ0n) is 19.4. The molecule has 1 heterocycles. The fraction of sp³-hybridized carbons (Fsp3) is 0.0303. The molecule has 0 radical (unpaired) electrons. The predicted molar refractivity (Wildman–Crippen MR) is 151 cm³/mol. The summed E-state index contributed by atoms with van der Waals surface area (Å²) < 4.78 is 14.4. The van der Waals surface area contributed by atoms with Gasteiger partial charge in [-0.15, -0.1) is 0 Å². The molecule has 6 aromatic rings. The molecule has 1 nitrogen and oxygen atoms in total. The molecule has 0 fully saturated rings. The van der Waals surface area contributed by atoms with Gasteiger partial charge in [-0.25, -0.2) is 0 Å². The highest BCUT2D eigenvalue weighted by Crippen LogP contribution is 2.54. The van der Waals surface area contributed by atoms with Crippen LogP contribution in [0, 0.1) is 0 Å². The van der Waals surface area contributed by atoms with Crippen LogP contribution in [0.3, 0.4) is 0 Å². The van der Waals surface area contributed by atoms with E-state index in [1.165, 1.54) is 38.2 Å². The first-order chi connectivity index (χ1) is 17.2. The van der Waals surface area contributed by atoms with Gasteiger partial charge in [-0.1, -0.05) is 121 Å². The van der Waals surface area contributed by atoms with Crippen molar-refractivity contribution >= 4 is 39.3 Å². The van der Waals surface area contributed by atoms with Gasteiger partial charge in [0, 0.05) is 10.6 Å². The minimum absolute atomic E-state index is 0.969. The Bertz CT molecular complexity index is 1780. The minimum Gasteiger partial charge on any atom is -0.314 e. The molecule has 0 saturated heterocycles. The lowest BCUT2D eigenvalue weighted by Crippen LogP contribution is -2.11. The highest BCUT2D eigenvalue weighted by atomic mass is 31.2. The van der Waals surface area contributed by atoms with Gasteiger partial charge in [-0.2, -0.15) is 0 Å². The minimum atomic E-state index is -2.75. The Morgan fingerprint density at radius 2 is 0.943 bits per heavy atom. The van der Waals surface area contributed by atoms with Crippen LogP contribution in [-0.2, 0) is 4.57 Å². The second-order valence-electron chi connectivity index (χ2n) is 9.35. The van der Waals surface area contributed by atoms with Crippen molar-refractivity contribution in [2.75, 3.05) is 6.66 Å². The maximum absolute atomic E-state index is 14.4. The molecule has 0 amide bonds. The van der Waals surface area contributed by atoms with Crippen LogP contribution in [0.2, 0.25) is 0 Å². The molecule has 0 aromatic heterocycles. The van der Waals surface area contributed by atoms with E-state index in [-0.39, 0.29) is 0 Å². The van der Waals surface area contributed by atoms with Gasteiger partial charge < -0.3 is 4.57 Å². The molecule has 1 unspecified atom stereocenters. The van der Waals surface area contributed by atoms with Crippen molar-refractivity contribution in [3.8, 4) is 33.4 Å². The third-order valence-corrected chi connectivity index (χ3v) is 10.0. The fourth-order valence-electron chi connectivity index (χ4n) is 5.95. The lowest BCUT2D eigenvalue weighted by molar-refractivity contribution is 0.591. The first-order valence-electron chi connectivity index (χ1n) is 12.0. The molecule has 0 N–H and O–H groups in total. The summed E-state index contributed by atoms with van der Waals surface area (Å²) in [4.78, 5) is 0. The summed E-state index contributed by atoms with van der Waals surface area (Å²) in [6, 6.07) is 42.5. The molecule has 1 aliphatic heterocycles. The lowest BCUT2D eigenvalue weighted by atomic mass is 9.85. The van der Waals surface area contributed by atoms with E-state index in [0.717, 1.165) is 27.3 Å². The molecule has 1 aliphatic rings. The van der Waals surface area contributed by atoms with Crippen LogP contribution < -0.4 is 10.6 Å². The molecule has 0 bridgehead atoms. The quantitative estimate of drug-likeness (QED) is 0.185. The summed E-state index contributed by atoms with van der Waals surface area (Å²) in [5.74, 6) is 0. The van der Waals surface area contributed by atoms with Crippen molar-refractivity contribution in [2.45, 2.75) is 0 Å². The molecule has 0 spiro atoms. The predicted octanol–water partition coefficient (Wildman–Crippen LogP) is 8.25. The summed E-state index contributed by atoms with van der Waals surface area (Å²) in [6.07, 6.45) is 0. The van der Waals surface area contributed by atoms with Crippen LogP contribution in [0.15, 0.2) is 121 Å². The van der Waals surface area contributed by atoms with Crippen molar-refractivity contribution in [2.24, 2.45) is 0 Å². The lowest BCUT2D eigenvalue weighted by Gasteiger charge is -2.20. The van der Waals surface area contributed by atoms with Crippen molar-refractivity contribution in [1.82, 2.24) is 0 Å². The van der Waals surface area contributed by atoms with Crippen LogP contribution in [0.4, 0.5) is 0 Å². The van der Waals surface area contributed by atoms with Gasteiger partial charge in [0.25, 0.3) is 0 Å². The molecule has 35 heavy (non-hydrogen) atoms. The van der Waals surface area contributed by atoms with Crippen molar-refractivity contribution in [3.05, 3.63) is 121 Å². The molecule has 166 valence electrons. The molecular weight excluding hydrogens is 443 g/mol. The first-order valence-corrected chi connectivity index (χ1v) is 14.1. The monoisotopic (exact) mass is 466 g/mol. The highest BCUT2D eigenvalue weighted by Gasteiger charge is 2.37. The van der Waals surface area contributed by atoms with Crippen LogP contribution in [0.5, 0.6) is 0 Å². The number of hydrogen-bond acceptors (Lipinski definition) is 1. The third kappa shape index (κ3) is 2.86. The Balaban J connectivity index is 1.67. The summed E-state index contributed by atoms with van der Waals surface area (Å²) in [6.45, 7) is 1.93. The van der Waals surface area contributed by atoms with Crippen molar-refractivity contribution in [3.63, 3.8) is 0 Å². The van der Waals surface area contributed by atoms with Gasteiger partial charge in [0.2, 0.25) is 0 Å². The maximum Gasteiger partial charge on any atom is 0.142 e. The Morgan fingerprint density at radius 1 is 0.457 bits per heavy atom. The van der Waals surface area contributed by atoms with E-state index in [0.29, 0.717) is 0 Å². The van der Waals surface area contributed by atoms with E-state index in [2.05, 4.69) is 103 Å². The Morgan fingerprint density at radius 3 is 1.60 bits per heavy atom. The molecule has 0 saturated carbocycles. The molecular formula is C33H23OP. The fourth-order valence-corrected chi connectivity index (χ4v) is 8.52. The van der Waals surface area contributed by atoms with Crippen molar-refractivity contribution < 1.29 is 4.57 Å². The van der Waals surface area contributed by atoms with E-state index in [1.54, 1.807) is 0 Å². The van der Waals surface area contributed by atoms with Gasteiger partial charge in [-0.3, -0.25) is 0 Å². The second kappa shape index (κ2) is 7.54. The Kier molecular flexibility index (Phi) is 4.40. The number of hydrogen-bond donors (Lipinski definition) is 0. The van der Waals surface area contributed by atoms with Crippen LogP contribution >= 0.6 is 7.14 Å². The topological polar surface area (TPSA) is 17.1 Å². The highest BCUT2D eigenvalue weighted by molar-refractivity contribution is 7.79. The third-order valence-electron chi connectivity index (χ3n) is 7.38. The normalized spacial score (nSPS) is 16.4. The van der Waals surface area contributed by atoms with Gasteiger partial charge >= 0.3 is 0 Å². The number of benzene rings is 6. The van der Waals surface area contributed by atoms with Crippen LogP contribution in [0.25, 0.3) is 54.9 Å². The maximum atomic E-state index is 14.4. The van der Waals surface area contributed by atoms with Gasteiger partial charge in [0.15, 0.2) is 0 Å². The van der Waals surface area contributed by atoms with E-state index in [4.69, 9.17) is 0 Å². The van der Waals surface area contributed by atoms with E-state index in [1.807, 2.05) is 24.9 Å². The first kappa shape index (κ1) is 20.4. The Labute approximate surface area is 205 Å². The summed E-state index contributed by atoms with van der Waals surface area (Å²) in [7, 11) is -2.75. The number of rotatable bonds is 2. The summed E-state index contributed by atoms with van der Waals surface area (Å²) >= 11 is 0. The standard InChI is InChI=1S/C33H23OP/c1-35(34)30-21-10-9-14-23(30)28-19-11-20-29(33(28)35)32-26-17-7-5-15-24(26)31(22-12-3-2-4-13-22)25-16-6-8-18-27(25)32/h2-21H,1H3. The smallest absolute Gasteiger partial charge is 0.142 e. The Hall–Kier alpha value is -3.93. The average molecular weight is 467 g/mol. The summed E-state index contributed by atoms with van der Waals surface area (Å²) in [5.41, 5.74) is 6.91. The van der Waals surface area contributed by atoms with Gasteiger partial charge in [-0.05, 0) is 61.6 Å². The zero-order chi connectivity index (χ0) is 23.6. The molecule has 1 atom stereocenters. The van der Waals surface area contributed by atoms with Crippen LogP contribution in [-0.4, -0.2) is 6.66 Å². The zero-order valence-corrected chi connectivity index (χ0v) is 20.3. The largest absolute Gasteiger partial charge is 0.314 e. The molecule has 2 heteroatoms. The molecule has 7 rings (SSSR count). The average Bonchev–Trinajstić information content (AvgIpc) is 3.15. The number of fused-ring (bicyclic) bond motifs is 5. The van der Waals surface area contributed by atoms with E-state index >= 15 is 0 Å². The summed E-state index contributed by atoms with van der Waals surface area (Å²) in [5, 5.41) is 6.77. The molecule has 0 aliphatic carbocycles. The molecule has 6 aromatic carbocycles. The second-order valence-corrected chi connectivity index (χ2v) is 12.1. The van der Waals surface area contributed by atoms with Gasteiger partial charge in [0.1, 0.15) is 7.14 Å². The van der Waals surface area contributed by atoms with Crippen LogP contribution in [0.1, 0.15) is 0 Å². The van der Waals surface area contributed by atoms with E-state index in [9.17, 15) is 4.57 Å². The van der Waals surface area contributed by atoms with Gasteiger partial charge in [0.05, 0.1) is 0 Å². The van der Waals surface area contributed by atoms with E-state index < -0.39 is 7.14 Å².